The molecule has 2 fully saturated rings. The monoisotopic (exact) mass is 375 g/mol. The van der Waals surface area contributed by atoms with Crippen molar-refractivity contribution in [1.82, 2.24) is 9.80 Å². The number of hydrogen-bond acceptors (Lipinski definition) is 5. The summed E-state index contributed by atoms with van der Waals surface area (Å²) in [5.41, 5.74) is 0.189. The van der Waals surface area contributed by atoms with Gasteiger partial charge in [0.15, 0.2) is 5.75 Å². The first-order valence-corrected chi connectivity index (χ1v) is 9.82. The molecule has 7 heteroatoms. The van der Waals surface area contributed by atoms with Crippen molar-refractivity contribution in [2.24, 2.45) is 11.8 Å². The molecule has 0 spiro atoms. The highest BCUT2D eigenvalue weighted by Gasteiger charge is 2.28. The average molecular weight is 375 g/mol. The number of amides is 1. The number of benzene rings is 1. The number of piperidine rings is 2. The molecule has 3 rings (SSSR count). The van der Waals surface area contributed by atoms with Crippen LogP contribution in [-0.2, 0) is 0 Å². The van der Waals surface area contributed by atoms with E-state index in [4.69, 9.17) is 4.74 Å². The molecular formula is C20H29N3O4. The summed E-state index contributed by atoms with van der Waals surface area (Å²) < 4.78 is 5.02. The molecule has 1 unspecified atom stereocenters. The van der Waals surface area contributed by atoms with Gasteiger partial charge in [0, 0.05) is 31.3 Å². The van der Waals surface area contributed by atoms with Crippen LogP contribution in [0.1, 0.15) is 43.0 Å². The zero-order chi connectivity index (χ0) is 19.4. The van der Waals surface area contributed by atoms with E-state index in [1.165, 1.54) is 32.1 Å². The molecule has 0 radical (unpaired) electrons. The molecule has 2 aliphatic heterocycles. The third-order valence-electron chi connectivity index (χ3n) is 5.82. The smallest absolute Gasteiger partial charge is 0.311 e. The van der Waals surface area contributed by atoms with Gasteiger partial charge in [-0.1, -0.05) is 6.92 Å². The maximum atomic E-state index is 12.9. The Balaban J connectivity index is 1.64. The molecule has 0 aromatic heterocycles. The van der Waals surface area contributed by atoms with E-state index in [1.807, 2.05) is 4.90 Å². The van der Waals surface area contributed by atoms with E-state index in [0.717, 1.165) is 44.9 Å². The number of carbonyl (C=O) groups excluding carboxylic acids is 1. The van der Waals surface area contributed by atoms with Crippen molar-refractivity contribution in [3.05, 3.63) is 33.9 Å². The molecule has 148 valence electrons. The van der Waals surface area contributed by atoms with Gasteiger partial charge in [-0.2, -0.15) is 0 Å². The fourth-order valence-electron chi connectivity index (χ4n) is 4.16. The Morgan fingerprint density at radius 3 is 2.67 bits per heavy atom. The van der Waals surface area contributed by atoms with Crippen molar-refractivity contribution in [3.8, 4) is 5.75 Å². The summed E-state index contributed by atoms with van der Waals surface area (Å²) >= 11 is 0. The topological polar surface area (TPSA) is 75.9 Å². The first-order valence-electron chi connectivity index (χ1n) is 9.82. The van der Waals surface area contributed by atoms with Crippen molar-refractivity contribution < 1.29 is 14.5 Å². The van der Waals surface area contributed by atoms with Gasteiger partial charge in [0.25, 0.3) is 5.91 Å². The average Bonchev–Trinajstić information content (AvgIpc) is 2.69. The highest BCUT2D eigenvalue weighted by atomic mass is 16.6. The summed E-state index contributed by atoms with van der Waals surface area (Å²) in [7, 11) is 1.39. The van der Waals surface area contributed by atoms with Crippen LogP contribution in [0.5, 0.6) is 5.75 Å². The predicted molar refractivity (Wildman–Crippen MR) is 103 cm³/mol. The molecule has 0 bridgehead atoms. The van der Waals surface area contributed by atoms with Gasteiger partial charge < -0.3 is 14.5 Å². The van der Waals surface area contributed by atoms with E-state index >= 15 is 0 Å². The van der Waals surface area contributed by atoms with E-state index in [2.05, 4.69) is 11.8 Å². The Hall–Kier alpha value is -2.15. The van der Waals surface area contributed by atoms with Crippen LogP contribution in [0.3, 0.4) is 0 Å². The van der Waals surface area contributed by atoms with Crippen LogP contribution in [0, 0.1) is 22.0 Å². The summed E-state index contributed by atoms with van der Waals surface area (Å²) in [5, 5.41) is 11.2. The molecule has 1 atom stereocenters. The lowest BCUT2D eigenvalue weighted by Gasteiger charge is -2.37. The maximum Gasteiger partial charge on any atom is 0.311 e. The fraction of sp³-hybridized carbons (Fsp3) is 0.650. The zero-order valence-electron chi connectivity index (χ0n) is 16.2. The molecule has 7 nitrogen and oxygen atoms in total. The van der Waals surface area contributed by atoms with Crippen LogP contribution in [0.4, 0.5) is 5.69 Å². The van der Waals surface area contributed by atoms with Crippen LogP contribution in [0.25, 0.3) is 0 Å². The molecule has 0 aliphatic carbocycles. The highest BCUT2D eigenvalue weighted by Crippen LogP contribution is 2.29. The van der Waals surface area contributed by atoms with Crippen molar-refractivity contribution in [2.45, 2.75) is 32.6 Å². The van der Waals surface area contributed by atoms with Crippen molar-refractivity contribution in [3.63, 3.8) is 0 Å². The molecule has 27 heavy (non-hydrogen) atoms. The lowest BCUT2D eigenvalue weighted by atomic mass is 9.94. The summed E-state index contributed by atoms with van der Waals surface area (Å²) in [4.78, 5) is 28.0. The van der Waals surface area contributed by atoms with E-state index in [1.54, 1.807) is 6.07 Å². The van der Waals surface area contributed by atoms with Gasteiger partial charge >= 0.3 is 5.69 Å². The molecule has 1 amide bonds. The summed E-state index contributed by atoms with van der Waals surface area (Å²) in [6.07, 6.45) is 4.63. The number of rotatable bonds is 5. The van der Waals surface area contributed by atoms with Crippen LogP contribution >= 0.6 is 0 Å². The maximum absolute atomic E-state index is 12.9. The van der Waals surface area contributed by atoms with Crippen LogP contribution in [0.2, 0.25) is 0 Å². The Morgan fingerprint density at radius 1 is 1.26 bits per heavy atom. The number of nitro groups is 1. The summed E-state index contributed by atoms with van der Waals surface area (Å²) in [6.45, 7) is 7.09. The molecule has 2 saturated heterocycles. The van der Waals surface area contributed by atoms with Crippen LogP contribution in [-0.4, -0.2) is 60.5 Å². The van der Waals surface area contributed by atoms with Gasteiger partial charge in [-0.15, -0.1) is 0 Å². The number of likely N-dealkylation sites (tertiary alicyclic amines) is 2. The second-order valence-corrected chi connectivity index (χ2v) is 7.89. The molecular weight excluding hydrogens is 346 g/mol. The molecule has 2 heterocycles. The minimum absolute atomic E-state index is 0.127. The molecule has 1 aromatic carbocycles. The van der Waals surface area contributed by atoms with E-state index in [9.17, 15) is 14.9 Å². The molecule has 1 aromatic rings. The quantitative estimate of drug-likeness (QED) is 0.583. The van der Waals surface area contributed by atoms with Crippen LogP contribution in [0.15, 0.2) is 18.2 Å². The van der Waals surface area contributed by atoms with Gasteiger partial charge in [0.2, 0.25) is 0 Å². The number of ether oxygens (including phenoxy) is 1. The van der Waals surface area contributed by atoms with Gasteiger partial charge in [-0.25, -0.2) is 0 Å². The van der Waals surface area contributed by atoms with Gasteiger partial charge in [-0.05, 0) is 62.7 Å². The van der Waals surface area contributed by atoms with Crippen molar-refractivity contribution in [1.29, 1.82) is 0 Å². The first-order chi connectivity index (χ1) is 13.0. The van der Waals surface area contributed by atoms with E-state index < -0.39 is 4.92 Å². The van der Waals surface area contributed by atoms with Crippen molar-refractivity contribution >= 4 is 11.6 Å². The van der Waals surface area contributed by atoms with Crippen LogP contribution < -0.4 is 4.74 Å². The normalized spacial score (nSPS) is 21.9. The zero-order valence-corrected chi connectivity index (χ0v) is 16.2. The second kappa shape index (κ2) is 8.69. The predicted octanol–water partition coefficient (Wildman–Crippen LogP) is 3.19. The second-order valence-electron chi connectivity index (χ2n) is 7.89. The molecule has 2 aliphatic rings. The minimum Gasteiger partial charge on any atom is -0.490 e. The number of nitro benzene ring substituents is 1. The summed E-state index contributed by atoms with van der Waals surface area (Å²) in [5.74, 6) is 1.34. The number of methoxy groups -OCH3 is 1. The Labute approximate surface area is 160 Å². The summed E-state index contributed by atoms with van der Waals surface area (Å²) in [6, 6.07) is 4.45. The largest absolute Gasteiger partial charge is 0.490 e. The fourth-order valence-corrected chi connectivity index (χ4v) is 4.16. The number of nitrogens with zero attached hydrogens (tertiary/aromatic N) is 3. The number of carbonyl (C=O) groups is 1. The third kappa shape index (κ3) is 4.77. The highest BCUT2D eigenvalue weighted by molar-refractivity contribution is 5.95. The Morgan fingerprint density at radius 2 is 2.00 bits per heavy atom. The third-order valence-corrected chi connectivity index (χ3v) is 5.82. The number of hydrogen-bond donors (Lipinski definition) is 0. The SMILES string of the molecule is COc1ccc(C(=O)N2CCCC(CN3CCC(C)CC3)C2)cc1[N+](=O)[O-]. The Kier molecular flexibility index (Phi) is 6.31. The minimum atomic E-state index is -0.508. The Bertz CT molecular complexity index is 686. The van der Waals surface area contributed by atoms with E-state index in [-0.39, 0.29) is 17.3 Å². The molecule has 0 saturated carbocycles. The van der Waals surface area contributed by atoms with Gasteiger partial charge in [0.1, 0.15) is 0 Å². The molecule has 0 N–H and O–H groups in total. The van der Waals surface area contributed by atoms with Crippen molar-refractivity contribution in [2.75, 3.05) is 39.8 Å². The van der Waals surface area contributed by atoms with E-state index in [0.29, 0.717) is 18.0 Å². The first kappa shape index (κ1) is 19.6. The van der Waals surface area contributed by atoms with Gasteiger partial charge in [-0.3, -0.25) is 14.9 Å². The lowest BCUT2D eigenvalue weighted by Crippen LogP contribution is -2.45. The standard InChI is InChI=1S/C20H29N3O4/c1-15-7-10-21(11-8-15)13-16-4-3-9-22(14-16)20(24)17-5-6-19(27-2)18(12-17)23(25)26/h5-6,12,15-16H,3-4,7-11,13-14H2,1-2H3. The van der Waals surface area contributed by atoms with Gasteiger partial charge in [0.05, 0.1) is 12.0 Å². The lowest BCUT2D eigenvalue weighted by molar-refractivity contribution is -0.385.